The van der Waals surface area contributed by atoms with E-state index in [1.807, 2.05) is 6.92 Å². The number of hydrogen-bond acceptors (Lipinski definition) is 2. The van der Waals surface area contributed by atoms with Crippen LogP contribution in [0.4, 0.5) is 8.78 Å². The van der Waals surface area contributed by atoms with E-state index in [2.05, 4.69) is 5.32 Å². The molecule has 0 radical (unpaired) electrons. The summed E-state index contributed by atoms with van der Waals surface area (Å²) in [7, 11) is 0. The van der Waals surface area contributed by atoms with Crippen molar-refractivity contribution >= 4 is 5.91 Å². The van der Waals surface area contributed by atoms with Crippen LogP contribution in [0.15, 0.2) is 18.2 Å². The van der Waals surface area contributed by atoms with E-state index in [-0.39, 0.29) is 17.9 Å². The molecule has 0 aromatic heterocycles. The van der Waals surface area contributed by atoms with E-state index in [4.69, 9.17) is 0 Å². The van der Waals surface area contributed by atoms with Gasteiger partial charge in [-0.1, -0.05) is 13.0 Å². The van der Waals surface area contributed by atoms with Gasteiger partial charge in [0.15, 0.2) is 0 Å². The summed E-state index contributed by atoms with van der Waals surface area (Å²) in [4.78, 5) is 14.1. The molecule has 21 heavy (non-hydrogen) atoms. The van der Waals surface area contributed by atoms with Crippen LogP contribution in [0.5, 0.6) is 0 Å². The molecule has 1 saturated heterocycles. The second-order valence-corrected chi connectivity index (χ2v) is 5.51. The van der Waals surface area contributed by atoms with Gasteiger partial charge in [0.05, 0.1) is 6.42 Å². The van der Waals surface area contributed by atoms with Crippen molar-refractivity contribution in [2.75, 3.05) is 19.6 Å². The van der Waals surface area contributed by atoms with Crippen molar-refractivity contribution < 1.29 is 13.6 Å². The highest BCUT2D eigenvalue weighted by Gasteiger charge is 2.22. The standard InChI is InChI=1S/C16H22F2N2O/c1-2-9-20(11-12-5-4-8-19-12)16(21)10-13-14(17)6-3-7-15(13)18/h3,6-7,12,19H,2,4-5,8-11H2,1H3. The Morgan fingerprint density at radius 1 is 1.38 bits per heavy atom. The van der Waals surface area contributed by atoms with Gasteiger partial charge < -0.3 is 10.2 Å². The maximum absolute atomic E-state index is 13.6. The topological polar surface area (TPSA) is 32.3 Å². The Balaban J connectivity index is 2.03. The molecule has 3 nitrogen and oxygen atoms in total. The minimum Gasteiger partial charge on any atom is -0.341 e. The van der Waals surface area contributed by atoms with E-state index >= 15 is 0 Å². The van der Waals surface area contributed by atoms with Gasteiger partial charge in [0.1, 0.15) is 11.6 Å². The lowest BCUT2D eigenvalue weighted by Gasteiger charge is -2.25. The third-order valence-corrected chi connectivity index (χ3v) is 3.84. The van der Waals surface area contributed by atoms with Crippen LogP contribution in [0.2, 0.25) is 0 Å². The lowest BCUT2D eigenvalue weighted by atomic mass is 10.1. The van der Waals surface area contributed by atoms with E-state index in [0.717, 1.165) is 25.8 Å². The maximum atomic E-state index is 13.6. The van der Waals surface area contributed by atoms with Gasteiger partial charge in [-0.25, -0.2) is 8.78 Å². The van der Waals surface area contributed by atoms with Crippen molar-refractivity contribution in [3.63, 3.8) is 0 Å². The van der Waals surface area contributed by atoms with Crippen molar-refractivity contribution in [2.24, 2.45) is 0 Å². The van der Waals surface area contributed by atoms with Gasteiger partial charge in [-0.05, 0) is 37.9 Å². The highest BCUT2D eigenvalue weighted by molar-refractivity contribution is 5.79. The quantitative estimate of drug-likeness (QED) is 0.875. The molecular formula is C16H22F2N2O. The number of amides is 1. The first-order valence-electron chi connectivity index (χ1n) is 7.56. The third kappa shape index (κ3) is 4.24. The molecule has 1 atom stereocenters. The maximum Gasteiger partial charge on any atom is 0.227 e. The highest BCUT2D eigenvalue weighted by atomic mass is 19.1. The van der Waals surface area contributed by atoms with Gasteiger partial charge in [0.2, 0.25) is 5.91 Å². The molecular weight excluding hydrogens is 274 g/mol. The molecule has 1 aliphatic rings. The normalized spacial score (nSPS) is 18.0. The summed E-state index contributed by atoms with van der Waals surface area (Å²) in [6, 6.07) is 3.99. The summed E-state index contributed by atoms with van der Waals surface area (Å²) >= 11 is 0. The van der Waals surface area contributed by atoms with Crippen molar-refractivity contribution in [1.29, 1.82) is 0 Å². The smallest absolute Gasteiger partial charge is 0.227 e. The van der Waals surface area contributed by atoms with Crippen molar-refractivity contribution in [3.8, 4) is 0 Å². The van der Waals surface area contributed by atoms with Crippen LogP contribution >= 0.6 is 0 Å². The van der Waals surface area contributed by atoms with Gasteiger partial charge in [-0.2, -0.15) is 0 Å². The Morgan fingerprint density at radius 2 is 2.10 bits per heavy atom. The van der Waals surface area contributed by atoms with Crippen LogP contribution in [-0.2, 0) is 11.2 Å². The fourth-order valence-corrected chi connectivity index (χ4v) is 2.73. The minimum absolute atomic E-state index is 0.136. The summed E-state index contributed by atoms with van der Waals surface area (Å²) in [5, 5.41) is 3.34. The first-order valence-corrected chi connectivity index (χ1v) is 7.56. The fourth-order valence-electron chi connectivity index (χ4n) is 2.73. The van der Waals surface area contributed by atoms with Crippen LogP contribution < -0.4 is 5.32 Å². The lowest BCUT2D eigenvalue weighted by Crippen LogP contribution is -2.42. The molecule has 1 heterocycles. The predicted octanol–water partition coefficient (Wildman–Crippen LogP) is 2.50. The zero-order chi connectivity index (χ0) is 15.2. The molecule has 0 aliphatic carbocycles. The Labute approximate surface area is 124 Å². The van der Waals surface area contributed by atoms with Gasteiger partial charge >= 0.3 is 0 Å². The van der Waals surface area contributed by atoms with Gasteiger partial charge in [-0.15, -0.1) is 0 Å². The molecule has 2 rings (SSSR count). The monoisotopic (exact) mass is 296 g/mol. The molecule has 1 aromatic rings. The summed E-state index contributed by atoms with van der Waals surface area (Å²) in [5.74, 6) is -1.52. The summed E-state index contributed by atoms with van der Waals surface area (Å²) in [6.45, 7) is 4.20. The van der Waals surface area contributed by atoms with E-state index in [9.17, 15) is 13.6 Å². The van der Waals surface area contributed by atoms with Crippen LogP contribution in [-0.4, -0.2) is 36.5 Å². The zero-order valence-electron chi connectivity index (χ0n) is 12.4. The fraction of sp³-hybridized carbons (Fsp3) is 0.562. The molecule has 0 saturated carbocycles. The SMILES string of the molecule is CCCN(CC1CCCN1)C(=O)Cc1c(F)cccc1F. The third-order valence-electron chi connectivity index (χ3n) is 3.84. The Hall–Kier alpha value is -1.49. The van der Waals surface area contributed by atoms with Crippen molar-refractivity contribution in [1.82, 2.24) is 10.2 Å². The number of benzene rings is 1. The number of nitrogens with one attached hydrogen (secondary N) is 1. The summed E-state index contributed by atoms with van der Waals surface area (Å²) in [5.41, 5.74) is -0.136. The number of rotatable bonds is 6. The average Bonchev–Trinajstić information content (AvgIpc) is 2.95. The zero-order valence-corrected chi connectivity index (χ0v) is 12.4. The first kappa shape index (κ1) is 15.9. The van der Waals surface area contributed by atoms with E-state index in [0.29, 0.717) is 19.1 Å². The molecule has 1 amide bonds. The molecule has 1 N–H and O–H groups in total. The molecule has 5 heteroatoms. The molecule has 1 aromatic carbocycles. The average molecular weight is 296 g/mol. The number of hydrogen-bond donors (Lipinski definition) is 1. The Morgan fingerprint density at radius 3 is 2.67 bits per heavy atom. The van der Waals surface area contributed by atoms with Crippen LogP contribution in [0, 0.1) is 11.6 Å². The van der Waals surface area contributed by atoms with E-state index < -0.39 is 11.6 Å². The van der Waals surface area contributed by atoms with E-state index in [1.54, 1.807) is 4.90 Å². The molecule has 1 unspecified atom stereocenters. The van der Waals surface area contributed by atoms with Crippen LogP contribution in [0.3, 0.4) is 0 Å². The Kier molecular flexibility index (Phi) is 5.67. The summed E-state index contributed by atoms with van der Waals surface area (Å²) < 4.78 is 27.3. The van der Waals surface area contributed by atoms with Gasteiger partial charge in [0, 0.05) is 24.7 Å². The number of carbonyl (C=O) groups excluding carboxylic acids is 1. The number of carbonyl (C=O) groups is 1. The van der Waals surface area contributed by atoms with E-state index in [1.165, 1.54) is 18.2 Å². The Bertz CT molecular complexity index is 467. The number of nitrogens with zero attached hydrogens (tertiary/aromatic N) is 1. The molecule has 0 bridgehead atoms. The second kappa shape index (κ2) is 7.50. The van der Waals surface area contributed by atoms with Gasteiger partial charge in [-0.3, -0.25) is 4.79 Å². The van der Waals surface area contributed by atoms with Gasteiger partial charge in [0.25, 0.3) is 0 Å². The minimum atomic E-state index is -0.654. The summed E-state index contributed by atoms with van der Waals surface area (Å²) in [6.07, 6.45) is 2.77. The second-order valence-electron chi connectivity index (χ2n) is 5.51. The van der Waals surface area contributed by atoms with Crippen molar-refractivity contribution in [3.05, 3.63) is 35.4 Å². The largest absolute Gasteiger partial charge is 0.341 e. The van der Waals surface area contributed by atoms with Crippen LogP contribution in [0.25, 0.3) is 0 Å². The number of halogens is 2. The van der Waals surface area contributed by atoms with Crippen molar-refractivity contribution in [2.45, 2.75) is 38.6 Å². The predicted molar refractivity (Wildman–Crippen MR) is 78.0 cm³/mol. The molecule has 1 aliphatic heterocycles. The molecule has 116 valence electrons. The highest BCUT2D eigenvalue weighted by Crippen LogP contribution is 2.15. The molecule has 1 fully saturated rings. The van der Waals surface area contributed by atoms with Crippen LogP contribution in [0.1, 0.15) is 31.7 Å². The molecule has 0 spiro atoms. The lowest BCUT2D eigenvalue weighted by molar-refractivity contribution is -0.131. The first-order chi connectivity index (χ1) is 10.1.